The van der Waals surface area contributed by atoms with Gasteiger partial charge < -0.3 is 15.4 Å². The van der Waals surface area contributed by atoms with Crippen LogP contribution in [0.2, 0.25) is 0 Å². The topological polar surface area (TPSA) is 67.4 Å². The molecule has 1 aliphatic heterocycles. The first-order chi connectivity index (χ1) is 8.18. The summed E-state index contributed by atoms with van der Waals surface area (Å²) in [7, 11) is 0. The molecular weight excluding hydrogens is 220 g/mol. The predicted molar refractivity (Wildman–Crippen MR) is 64.5 cm³/mol. The van der Waals surface area contributed by atoms with Gasteiger partial charge in [-0.25, -0.2) is 0 Å². The van der Waals surface area contributed by atoms with Crippen molar-refractivity contribution in [3.63, 3.8) is 0 Å². The van der Waals surface area contributed by atoms with Crippen molar-refractivity contribution < 1.29 is 14.3 Å². The second-order valence-electron chi connectivity index (χ2n) is 4.45. The Morgan fingerprint density at radius 1 is 1.29 bits per heavy atom. The van der Waals surface area contributed by atoms with Crippen LogP contribution in [-0.2, 0) is 14.3 Å². The van der Waals surface area contributed by atoms with Gasteiger partial charge in [-0.3, -0.25) is 9.59 Å². The first-order valence-corrected chi connectivity index (χ1v) is 6.27. The molecule has 2 amide bonds. The Hall–Kier alpha value is -1.10. The summed E-state index contributed by atoms with van der Waals surface area (Å²) in [5.41, 5.74) is 0. The highest BCUT2D eigenvalue weighted by Gasteiger charge is 2.13. The molecule has 1 fully saturated rings. The molecule has 17 heavy (non-hydrogen) atoms. The van der Waals surface area contributed by atoms with E-state index in [9.17, 15) is 9.59 Å². The third-order valence-corrected chi connectivity index (χ3v) is 2.86. The number of amides is 2. The molecule has 0 radical (unpaired) electrons. The Kier molecular flexibility index (Phi) is 6.62. The molecule has 0 aromatic rings. The van der Waals surface area contributed by atoms with Crippen molar-refractivity contribution in [3.8, 4) is 0 Å². The van der Waals surface area contributed by atoms with Crippen LogP contribution >= 0.6 is 0 Å². The van der Waals surface area contributed by atoms with Crippen LogP contribution in [0.1, 0.15) is 32.6 Å². The maximum Gasteiger partial charge on any atom is 0.221 e. The number of rotatable bonds is 6. The molecule has 1 rings (SSSR count). The van der Waals surface area contributed by atoms with E-state index in [0.717, 1.165) is 26.1 Å². The molecule has 98 valence electrons. The normalized spacial score (nSPS) is 19.7. The summed E-state index contributed by atoms with van der Waals surface area (Å²) >= 11 is 0. The quantitative estimate of drug-likeness (QED) is 0.710. The molecule has 0 spiro atoms. The van der Waals surface area contributed by atoms with Crippen LogP contribution in [0.4, 0.5) is 0 Å². The van der Waals surface area contributed by atoms with E-state index < -0.39 is 0 Å². The smallest absolute Gasteiger partial charge is 0.221 e. The fourth-order valence-electron chi connectivity index (χ4n) is 1.89. The van der Waals surface area contributed by atoms with Crippen LogP contribution in [0.5, 0.6) is 0 Å². The van der Waals surface area contributed by atoms with E-state index in [1.54, 1.807) is 0 Å². The van der Waals surface area contributed by atoms with E-state index >= 15 is 0 Å². The van der Waals surface area contributed by atoms with Crippen LogP contribution in [0.25, 0.3) is 0 Å². The second-order valence-corrected chi connectivity index (χ2v) is 4.45. The monoisotopic (exact) mass is 242 g/mol. The predicted octanol–water partition coefficient (Wildman–Crippen LogP) is 0.445. The van der Waals surface area contributed by atoms with Crippen LogP contribution < -0.4 is 10.6 Å². The van der Waals surface area contributed by atoms with Gasteiger partial charge in [0.1, 0.15) is 0 Å². The van der Waals surface area contributed by atoms with Crippen molar-refractivity contribution in [2.24, 2.45) is 5.92 Å². The molecule has 1 unspecified atom stereocenters. The Labute approximate surface area is 102 Å². The Morgan fingerprint density at radius 3 is 2.76 bits per heavy atom. The summed E-state index contributed by atoms with van der Waals surface area (Å²) in [5.74, 6) is 0.479. The number of nitrogens with one attached hydrogen (secondary N) is 2. The summed E-state index contributed by atoms with van der Waals surface area (Å²) in [6.45, 7) is 4.25. The molecule has 1 heterocycles. The molecule has 0 saturated carbocycles. The summed E-state index contributed by atoms with van der Waals surface area (Å²) in [4.78, 5) is 22.0. The van der Waals surface area contributed by atoms with Gasteiger partial charge in [0.05, 0.1) is 0 Å². The zero-order chi connectivity index (χ0) is 12.5. The lowest BCUT2D eigenvalue weighted by molar-refractivity contribution is -0.121. The average Bonchev–Trinajstić information content (AvgIpc) is 2.30. The van der Waals surface area contributed by atoms with Crippen molar-refractivity contribution in [2.45, 2.75) is 32.6 Å². The Bertz CT molecular complexity index is 250. The molecule has 5 nitrogen and oxygen atoms in total. The lowest BCUT2D eigenvalue weighted by atomic mass is 9.99. The highest BCUT2D eigenvalue weighted by atomic mass is 16.5. The molecule has 1 aliphatic rings. The highest BCUT2D eigenvalue weighted by Crippen LogP contribution is 2.16. The minimum Gasteiger partial charge on any atom is -0.381 e. The lowest BCUT2D eigenvalue weighted by Crippen LogP contribution is -2.31. The van der Waals surface area contributed by atoms with Crippen molar-refractivity contribution in [1.82, 2.24) is 10.6 Å². The highest BCUT2D eigenvalue weighted by molar-refractivity contribution is 5.77. The second kappa shape index (κ2) is 8.06. The third-order valence-electron chi connectivity index (χ3n) is 2.86. The van der Waals surface area contributed by atoms with Crippen molar-refractivity contribution in [2.75, 3.05) is 26.3 Å². The molecule has 5 heteroatoms. The molecule has 0 aliphatic carbocycles. The Balaban J connectivity index is 1.97. The van der Waals surface area contributed by atoms with E-state index in [1.165, 1.54) is 13.3 Å². The number of carbonyl (C=O) groups is 2. The molecule has 1 saturated heterocycles. The van der Waals surface area contributed by atoms with Gasteiger partial charge in [0, 0.05) is 39.6 Å². The molecule has 0 aromatic carbocycles. The van der Waals surface area contributed by atoms with E-state index in [-0.39, 0.29) is 11.8 Å². The van der Waals surface area contributed by atoms with Crippen molar-refractivity contribution in [3.05, 3.63) is 0 Å². The average molecular weight is 242 g/mol. The number of hydrogen-bond donors (Lipinski definition) is 2. The van der Waals surface area contributed by atoms with E-state index in [0.29, 0.717) is 25.4 Å². The summed E-state index contributed by atoms with van der Waals surface area (Å²) in [6, 6.07) is 0. The summed E-state index contributed by atoms with van der Waals surface area (Å²) < 4.78 is 5.37. The molecule has 0 bridgehead atoms. The first kappa shape index (κ1) is 14.0. The van der Waals surface area contributed by atoms with Gasteiger partial charge in [-0.2, -0.15) is 0 Å². The standard InChI is InChI=1S/C12H22N2O3/c1-10(15)13-7-5-12(16)14-6-4-11-3-2-8-17-9-11/h11H,2-9H2,1H3,(H,13,15)(H,14,16). The lowest BCUT2D eigenvalue weighted by Gasteiger charge is -2.21. The van der Waals surface area contributed by atoms with Gasteiger partial charge in [0.25, 0.3) is 0 Å². The minimum atomic E-state index is -0.0999. The van der Waals surface area contributed by atoms with Crippen molar-refractivity contribution >= 4 is 11.8 Å². The number of carbonyl (C=O) groups excluding carboxylic acids is 2. The van der Waals surface area contributed by atoms with Crippen LogP contribution in [-0.4, -0.2) is 38.1 Å². The summed E-state index contributed by atoms with van der Waals surface area (Å²) in [6.07, 6.45) is 3.65. The van der Waals surface area contributed by atoms with Gasteiger partial charge in [-0.15, -0.1) is 0 Å². The minimum absolute atomic E-state index is 0.00419. The largest absolute Gasteiger partial charge is 0.381 e. The first-order valence-electron chi connectivity index (χ1n) is 6.27. The SMILES string of the molecule is CC(=O)NCCC(=O)NCCC1CCCOC1. The number of hydrogen-bond acceptors (Lipinski definition) is 3. The number of ether oxygens (including phenoxy) is 1. The zero-order valence-corrected chi connectivity index (χ0v) is 10.5. The van der Waals surface area contributed by atoms with Crippen LogP contribution in [0.3, 0.4) is 0 Å². The third kappa shape index (κ3) is 6.94. The Morgan fingerprint density at radius 2 is 2.12 bits per heavy atom. The van der Waals surface area contributed by atoms with Gasteiger partial charge in [-0.05, 0) is 25.2 Å². The maximum absolute atomic E-state index is 11.4. The van der Waals surface area contributed by atoms with Crippen LogP contribution in [0, 0.1) is 5.92 Å². The van der Waals surface area contributed by atoms with E-state index in [1.807, 2.05) is 0 Å². The van der Waals surface area contributed by atoms with Gasteiger partial charge in [-0.1, -0.05) is 0 Å². The maximum atomic E-state index is 11.4. The zero-order valence-electron chi connectivity index (χ0n) is 10.5. The van der Waals surface area contributed by atoms with Gasteiger partial charge >= 0.3 is 0 Å². The fourth-order valence-corrected chi connectivity index (χ4v) is 1.89. The van der Waals surface area contributed by atoms with Crippen molar-refractivity contribution in [1.29, 1.82) is 0 Å². The molecule has 1 atom stereocenters. The molecule has 2 N–H and O–H groups in total. The van der Waals surface area contributed by atoms with E-state index in [4.69, 9.17) is 4.74 Å². The van der Waals surface area contributed by atoms with E-state index in [2.05, 4.69) is 10.6 Å². The fraction of sp³-hybridized carbons (Fsp3) is 0.833. The van der Waals surface area contributed by atoms with Gasteiger partial charge in [0.15, 0.2) is 0 Å². The molecule has 0 aromatic heterocycles. The summed E-state index contributed by atoms with van der Waals surface area (Å²) in [5, 5.41) is 5.45. The van der Waals surface area contributed by atoms with Crippen LogP contribution in [0.15, 0.2) is 0 Å². The molecular formula is C12H22N2O3. The van der Waals surface area contributed by atoms with Gasteiger partial charge in [0.2, 0.25) is 11.8 Å².